The van der Waals surface area contributed by atoms with E-state index < -0.39 is 67.3 Å². The Balaban J connectivity index is 2.71. The lowest BCUT2D eigenvalue weighted by atomic mass is 9.98. The zero-order chi connectivity index (χ0) is 58.9. The van der Waals surface area contributed by atoms with Gasteiger partial charge in [-0.15, -0.1) is 0 Å². The first-order valence-corrected chi connectivity index (χ1v) is 32.2. The van der Waals surface area contributed by atoms with Crippen molar-refractivity contribution in [1.82, 2.24) is 0 Å². The first-order valence-electron chi connectivity index (χ1n) is 32.2. The number of rotatable bonds is 54. The molecule has 0 aliphatic carbocycles. The van der Waals surface area contributed by atoms with E-state index in [0.717, 1.165) is 89.9 Å². The molecule has 0 bridgehead atoms. The lowest BCUT2D eigenvalue weighted by Crippen LogP contribution is -2.61. The van der Waals surface area contributed by atoms with Gasteiger partial charge in [0.25, 0.3) is 0 Å². The van der Waals surface area contributed by atoms with Crippen LogP contribution in [-0.2, 0) is 42.9 Å². The highest BCUT2D eigenvalue weighted by atomic mass is 16.7. The highest BCUT2D eigenvalue weighted by Gasteiger charge is 2.50. The van der Waals surface area contributed by atoms with Crippen molar-refractivity contribution in [2.75, 3.05) is 13.2 Å². The van der Waals surface area contributed by atoms with Gasteiger partial charge in [-0.2, -0.15) is 0 Å². The van der Waals surface area contributed by atoms with Crippen LogP contribution in [0.1, 0.15) is 265 Å². The fraction of sp³-hybridized carbons (Fsp3) is 0.710. The Kier molecular flexibility index (Phi) is 51.7. The van der Waals surface area contributed by atoms with E-state index >= 15 is 0 Å². The number of esters is 3. The molecule has 3 N–H and O–H groups in total. The van der Waals surface area contributed by atoms with E-state index in [1.165, 1.54) is 116 Å². The molecule has 462 valence electrons. The van der Waals surface area contributed by atoms with Gasteiger partial charge in [0.15, 0.2) is 24.6 Å². The third-order valence-corrected chi connectivity index (χ3v) is 14.1. The Morgan fingerprint density at radius 2 is 0.815 bits per heavy atom. The van der Waals surface area contributed by atoms with Crippen LogP contribution in [0.15, 0.2) is 97.2 Å². The summed E-state index contributed by atoms with van der Waals surface area (Å²) in [6.07, 6.45) is 62.5. The standard InChI is InChI=1S/C69H114O12/c1-4-7-10-13-16-19-22-25-28-30-31-33-35-37-40-43-46-49-52-55-61(70)77-58-60(79-62(71)56-53-50-47-44-41-39-36-32-29-26-23-20-17-14-11-8-5-2)59-78-69-67(65(74)64(73)66(81-69)68(75)76)80-63(72)57-54-51-48-45-42-38-34-27-24-21-18-15-12-9-6-3/h9,12,16,18-19,21,25-29,34,42,45,51,54,60,64-67,69,73-74H,4-8,10-11,13-15,17,20,22-24,30-33,35-41,43-44,46-50,52-53,55-59H2,1-3H3,(H,75,76)/b12-9-,19-16-,21-18-,28-25-,29-26-,34-27-,45-42-,54-51-. The number of unbranched alkanes of at least 4 members (excludes halogenated alkanes) is 25. The molecule has 1 aliphatic heterocycles. The van der Waals surface area contributed by atoms with Gasteiger partial charge in [0.2, 0.25) is 0 Å². The van der Waals surface area contributed by atoms with Crippen molar-refractivity contribution in [3.05, 3.63) is 97.2 Å². The quantitative estimate of drug-likeness (QED) is 0.0228. The molecular weight excluding hydrogens is 1020 g/mol. The Bertz CT molecular complexity index is 1780. The van der Waals surface area contributed by atoms with Crippen molar-refractivity contribution < 1.29 is 58.2 Å². The zero-order valence-corrected chi connectivity index (χ0v) is 51.0. The number of carboxylic acids is 1. The fourth-order valence-electron chi connectivity index (χ4n) is 9.23. The number of aliphatic hydroxyl groups excluding tert-OH is 2. The fourth-order valence-corrected chi connectivity index (χ4v) is 9.23. The molecule has 0 saturated carbocycles. The lowest BCUT2D eigenvalue weighted by Gasteiger charge is -2.40. The maximum absolute atomic E-state index is 13.2. The molecule has 1 fully saturated rings. The number of ether oxygens (including phenoxy) is 5. The molecule has 81 heavy (non-hydrogen) atoms. The van der Waals surface area contributed by atoms with Gasteiger partial charge in [-0.3, -0.25) is 14.4 Å². The average molecular weight is 1140 g/mol. The van der Waals surface area contributed by atoms with E-state index in [1.807, 2.05) is 12.2 Å². The summed E-state index contributed by atoms with van der Waals surface area (Å²) in [4.78, 5) is 51.2. The van der Waals surface area contributed by atoms with Gasteiger partial charge in [0, 0.05) is 12.8 Å². The summed E-state index contributed by atoms with van der Waals surface area (Å²) in [5.74, 6) is -3.29. The molecule has 0 amide bonds. The molecule has 12 heteroatoms. The van der Waals surface area contributed by atoms with Gasteiger partial charge < -0.3 is 39.0 Å². The lowest BCUT2D eigenvalue weighted by molar-refractivity contribution is -0.301. The van der Waals surface area contributed by atoms with E-state index in [0.29, 0.717) is 19.3 Å². The van der Waals surface area contributed by atoms with E-state index in [-0.39, 0.29) is 25.9 Å². The van der Waals surface area contributed by atoms with Crippen molar-refractivity contribution >= 4 is 23.9 Å². The number of carbonyl (C=O) groups is 4. The van der Waals surface area contributed by atoms with Gasteiger partial charge in [-0.05, 0) is 103 Å². The van der Waals surface area contributed by atoms with Crippen LogP contribution in [0.5, 0.6) is 0 Å². The minimum absolute atomic E-state index is 0.143. The molecule has 0 aromatic carbocycles. The molecule has 6 atom stereocenters. The van der Waals surface area contributed by atoms with Crippen LogP contribution in [0.4, 0.5) is 0 Å². The summed E-state index contributed by atoms with van der Waals surface area (Å²) in [6, 6.07) is 0. The Morgan fingerprint density at radius 1 is 0.432 bits per heavy atom. The molecule has 0 aromatic heterocycles. The Labute approximate surface area is 492 Å². The maximum atomic E-state index is 13.2. The Morgan fingerprint density at radius 3 is 1.28 bits per heavy atom. The molecule has 1 rings (SSSR count). The third kappa shape index (κ3) is 45.8. The number of allylic oxidation sites excluding steroid dienone is 15. The van der Waals surface area contributed by atoms with Gasteiger partial charge in [0.1, 0.15) is 18.8 Å². The van der Waals surface area contributed by atoms with Gasteiger partial charge >= 0.3 is 23.9 Å². The number of carbonyl (C=O) groups excluding carboxylic acids is 3. The van der Waals surface area contributed by atoms with Crippen LogP contribution in [0, 0.1) is 0 Å². The molecule has 1 aliphatic rings. The van der Waals surface area contributed by atoms with Crippen molar-refractivity contribution in [1.29, 1.82) is 0 Å². The predicted molar refractivity (Wildman–Crippen MR) is 331 cm³/mol. The van der Waals surface area contributed by atoms with E-state index in [4.69, 9.17) is 23.7 Å². The second kappa shape index (κ2) is 56.1. The molecule has 0 radical (unpaired) electrons. The minimum Gasteiger partial charge on any atom is -0.479 e. The van der Waals surface area contributed by atoms with Crippen LogP contribution >= 0.6 is 0 Å². The summed E-state index contributed by atoms with van der Waals surface area (Å²) < 4.78 is 28.4. The van der Waals surface area contributed by atoms with Crippen molar-refractivity contribution in [3.63, 3.8) is 0 Å². The monoisotopic (exact) mass is 1130 g/mol. The SMILES string of the molecule is CC/C=C\C/C=C\C/C=C\C/C=C\C/C=C\CC(=O)OC1C(OCC(COC(=O)CCCCCCCCCCC/C=C\C/C=C\CCCCC)OC(=O)CCCCCCCCC/C=C\CCCCCCCC)OC(C(=O)O)C(O)C1O. The molecular formula is C69H114O12. The average Bonchev–Trinajstić information content (AvgIpc) is 3.53. The molecule has 12 nitrogen and oxygen atoms in total. The summed E-state index contributed by atoms with van der Waals surface area (Å²) in [5.41, 5.74) is 0. The van der Waals surface area contributed by atoms with Crippen molar-refractivity contribution in [2.24, 2.45) is 0 Å². The highest BCUT2D eigenvalue weighted by molar-refractivity contribution is 5.74. The second-order valence-electron chi connectivity index (χ2n) is 21.7. The topological polar surface area (TPSA) is 175 Å². The molecule has 0 aromatic rings. The van der Waals surface area contributed by atoms with Crippen LogP contribution in [0.3, 0.4) is 0 Å². The molecule has 0 spiro atoms. The van der Waals surface area contributed by atoms with Crippen LogP contribution in [0.2, 0.25) is 0 Å². The van der Waals surface area contributed by atoms with Gasteiger partial charge in [-0.25, -0.2) is 4.79 Å². The van der Waals surface area contributed by atoms with Crippen LogP contribution < -0.4 is 0 Å². The van der Waals surface area contributed by atoms with E-state index in [1.54, 1.807) is 12.2 Å². The second-order valence-corrected chi connectivity index (χ2v) is 21.7. The number of hydrogen-bond donors (Lipinski definition) is 3. The Hall–Kier alpha value is -4.36. The van der Waals surface area contributed by atoms with Crippen LogP contribution in [-0.4, -0.2) is 89.2 Å². The number of hydrogen-bond acceptors (Lipinski definition) is 11. The highest BCUT2D eigenvalue weighted by Crippen LogP contribution is 2.26. The van der Waals surface area contributed by atoms with E-state index in [9.17, 15) is 34.5 Å². The summed E-state index contributed by atoms with van der Waals surface area (Å²) >= 11 is 0. The number of aliphatic carboxylic acids is 1. The summed E-state index contributed by atoms with van der Waals surface area (Å²) in [6.45, 7) is 5.82. The first kappa shape index (κ1) is 74.7. The summed E-state index contributed by atoms with van der Waals surface area (Å²) in [5, 5.41) is 31.5. The van der Waals surface area contributed by atoms with Crippen molar-refractivity contribution in [3.8, 4) is 0 Å². The van der Waals surface area contributed by atoms with E-state index in [2.05, 4.69) is 93.7 Å². The number of carboxylic acid groups (broad SMARTS) is 1. The maximum Gasteiger partial charge on any atom is 0.335 e. The molecule has 1 saturated heterocycles. The minimum atomic E-state index is -1.94. The van der Waals surface area contributed by atoms with Gasteiger partial charge in [0.05, 0.1) is 13.0 Å². The van der Waals surface area contributed by atoms with Crippen molar-refractivity contribution in [2.45, 2.75) is 302 Å². The predicted octanol–water partition coefficient (Wildman–Crippen LogP) is 17.2. The molecule has 1 heterocycles. The third-order valence-electron chi connectivity index (χ3n) is 14.1. The first-order chi connectivity index (χ1) is 39.6. The number of aliphatic hydroxyl groups is 2. The smallest absolute Gasteiger partial charge is 0.335 e. The zero-order valence-electron chi connectivity index (χ0n) is 51.0. The summed E-state index contributed by atoms with van der Waals surface area (Å²) in [7, 11) is 0. The normalized spacial score (nSPS) is 18.4. The van der Waals surface area contributed by atoms with Crippen LogP contribution in [0.25, 0.3) is 0 Å². The largest absolute Gasteiger partial charge is 0.479 e. The van der Waals surface area contributed by atoms with Gasteiger partial charge in [-0.1, -0.05) is 240 Å². The molecule has 6 unspecified atom stereocenters.